The van der Waals surface area contributed by atoms with Crippen LogP contribution in [0.25, 0.3) is 0 Å². The normalized spacial score (nSPS) is 27.1. The molecule has 3 saturated heterocycles. The van der Waals surface area contributed by atoms with E-state index in [0.717, 1.165) is 65.1 Å². The van der Waals surface area contributed by atoms with E-state index in [1.807, 2.05) is 0 Å². The SMILES string of the molecule is O=C1NCC2(CCN(CC3CN(Cc4ccccc4)CCCO3)CC2)O1. The Kier molecular flexibility index (Phi) is 5.43. The number of likely N-dealkylation sites (tertiary alicyclic amines) is 1. The molecule has 4 rings (SSSR count). The van der Waals surface area contributed by atoms with Crippen LogP contribution in [-0.4, -0.2) is 73.5 Å². The highest BCUT2D eigenvalue weighted by Crippen LogP contribution is 2.29. The second-order valence-corrected chi connectivity index (χ2v) is 7.79. The van der Waals surface area contributed by atoms with Crippen LogP contribution in [0, 0.1) is 0 Å². The van der Waals surface area contributed by atoms with Crippen LogP contribution >= 0.6 is 0 Å². The van der Waals surface area contributed by atoms with Crippen molar-refractivity contribution in [1.82, 2.24) is 15.1 Å². The highest BCUT2D eigenvalue weighted by Gasteiger charge is 2.43. The molecule has 0 bridgehead atoms. The van der Waals surface area contributed by atoms with Crippen molar-refractivity contribution in [3.8, 4) is 0 Å². The highest BCUT2D eigenvalue weighted by atomic mass is 16.6. The number of benzene rings is 1. The lowest BCUT2D eigenvalue weighted by atomic mass is 9.91. The van der Waals surface area contributed by atoms with Crippen molar-refractivity contribution in [2.75, 3.05) is 45.9 Å². The van der Waals surface area contributed by atoms with Gasteiger partial charge in [-0.2, -0.15) is 0 Å². The van der Waals surface area contributed by atoms with Crippen LogP contribution < -0.4 is 5.32 Å². The van der Waals surface area contributed by atoms with E-state index in [1.54, 1.807) is 0 Å². The third-order valence-electron chi connectivity index (χ3n) is 5.78. The van der Waals surface area contributed by atoms with Gasteiger partial charge in [0, 0.05) is 58.7 Å². The van der Waals surface area contributed by atoms with Gasteiger partial charge < -0.3 is 19.7 Å². The van der Waals surface area contributed by atoms with Crippen molar-refractivity contribution >= 4 is 6.09 Å². The Hall–Kier alpha value is -1.63. The minimum atomic E-state index is -0.267. The lowest BCUT2D eigenvalue weighted by Gasteiger charge is -2.38. The Balaban J connectivity index is 1.28. The standard InChI is InChI=1S/C20H29N3O3/c24-19-21-16-20(26-19)7-10-22(11-8-20)14-18-15-23(9-4-12-25-18)13-17-5-2-1-3-6-17/h1-3,5-6,18H,4,7-16H2,(H,21,24). The largest absolute Gasteiger partial charge is 0.441 e. The molecule has 1 atom stereocenters. The number of amides is 1. The van der Waals surface area contributed by atoms with Crippen molar-refractivity contribution in [3.63, 3.8) is 0 Å². The van der Waals surface area contributed by atoms with Crippen LogP contribution in [-0.2, 0) is 16.0 Å². The number of hydrogen-bond donors (Lipinski definition) is 1. The zero-order chi connectivity index (χ0) is 17.8. The molecule has 3 fully saturated rings. The van der Waals surface area contributed by atoms with Gasteiger partial charge in [0.1, 0.15) is 5.60 Å². The van der Waals surface area contributed by atoms with E-state index in [4.69, 9.17) is 9.47 Å². The number of alkyl carbamates (subject to hydrolysis) is 1. The lowest BCUT2D eigenvalue weighted by molar-refractivity contribution is -0.0234. The summed E-state index contributed by atoms with van der Waals surface area (Å²) in [4.78, 5) is 16.3. The molecule has 1 N–H and O–H groups in total. The van der Waals surface area contributed by atoms with Gasteiger partial charge in [-0.3, -0.25) is 4.90 Å². The molecule has 6 nitrogen and oxygen atoms in total. The number of rotatable bonds is 4. The summed E-state index contributed by atoms with van der Waals surface area (Å²) in [5.74, 6) is 0. The fraction of sp³-hybridized carbons (Fsp3) is 0.650. The van der Waals surface area contributed by atoms with Gasteiger partial charge in [-0.1, -0.05) is 30.3 Å². The van der Waals surface area contributed by atoms with Crippen molar-refractivity contribution < 1.29 is 14.3 Å². The number of nitrogens with one attached hydrogen (secondary N) is 1. The van der Waals surface area contributed by atoms with Gasteiger partial charge >= 0.3 is 6.09 Å². The first kappa shape index (κ1) is 17.8. The predicted octanol–water partition coefficient (Wildman–Crippen LogP) is 1.85. The highest BCUT2D eigenvalue weighted by molar-refractivity contribution is 5.70. The fourth-order valence-electron chi connectivity index (χ4n) is 4.28. The van der Waals surface area contributed by atoms with Crippen LogP contribution in [0.15, 0.2) is 30.3 Å². The molecule has 1 unspecified atom stereocenters. The van der Waals surface area contributed by atoms with Crippen molar-refractivity contribution in [1.29, 1.82) is 0 Å². The minimum absolute atomic E-state index is 0.250. The van der Waals surface area contributed by atoms with Crippen LogP contribution in [0.4, 0.5) is 4.79 Å². The third-order valence-corrected chi connectivity index (χ3v) is 5.78. The zero-order valence-electron chi connectivity index (χ0n) is 15.4. The maximum absolute atomic E-state index is 11.4. The average molecular weight is 359 g/mol. The molecule has 3 heterocycles. The maximum Gasteiger partial charge on any atom is 0.407 e. The van der Waals surface area contributed by atoms with Crippen molar-refractivity contribution in [2.45, 2.75) is 37.5 Å². The summed E-state index contributed by atoms with van der Waals surface area (Å²) >= 11 is 0. The second-order valence-electron chi connectivity index (χ2n) is 7.79. The summed E-state index contributed by atoms with van der Waals surface area (Å²) in [6.07, 6.45) is 2.90. The molecule has 3 aliphatic heterocycles. The zero-order valence-corrected chi connectivity index (χ0v) is 15.4. The molecule has 0 aromatic heterocycles. The van der Waals surface area contributed by atoms with Crippen LogP contribution in [0.2, 0.25) is 0 Å². The molecule has 0 radical (unpaired) electrons. The summed E-state index contributed by atoms with van der Waals surface area (Å²) in [5.41, 5.74) is 1.10. The monoisotopic (exact) mass is 359 g/mol. The molecular weight excluding hydrogens is 330 g/mol. The topological polar surface area (TPSA) is 54.0 Å². The molecule has 0 saturated carbocycles. The van der Waals surface area contributed by atoms with E-state index in [0.29, 0.717) is 6.54 Å². The third kappa shape index (κ3) is 4.37. The Bertz CT molecular complexity index is 602. The minimum Gasteiger partial charge on any atom is -0.441 e. The first-order valence-corrected chi connectivity index (χ1v) is 9.78. The predicted molar refractivity (Wildman–Crippen MR) is 99.0 cm³/mol. The number of ether oxygens (including phenoxy) is 2. The van der Waals surface area contributed by atoms with Gasteiger partial charge in [-0.05, 0) is 12.0 Å². The van der Waals surface area contributed by atoms with Gasteiger partial charge in [-0.15, -0.1) is 0 Å². The van der Waals surface area contributed by atoms with E-state index >= 15 is 0 Å². The number of hydrogen-bond acceptors (Lipinski definition) is 5. The van der Waals surface area contributed by atoms with Gasteiger partial charge in [0.25, 0.3) is 0 Å². The van der Waals surface area contributed by atoms with Gasteiger partial charge in [0.05, 0.1) is 12.6 Å². The van der Waals surface area contributed by atoms with Gasteiger partial charge in [0.2, 0.25) is 0 Å². The molecule has 6 heteroatoms. The van der Waals surface area contributed by atoms with Crippen LogP contribution in [0.3, 0.4) is 0 Å². The maximum atomic E-state index is 11.4. The summed E-state index contributed by atoms with van der Waals surface area (Å²) in [6.45, 7) is 7.46. The Morgan fingerprint density at radius 3 is 2.65 bits per heavy atom. The van der Waals surface area contributed by atoms with Gasteiger partial charge in [0.15, 0.2) is 0 Å². The molecule has 1 amide bonds. The molecule has 3 aliphatic rings. The van der Waals surface area contributed by atoms with Crippen molar-refractivity contribution in [3.05, 3.63) is 35.9 Å². The Morgan fingerprint density at radius 1 is 1.12 bits per heavy atom. The number of carbonyl (C=O) groups is 1. The van der Waals surface area contributed by atoms with Gasteiger partial charge in [-0.25, -0.2) is 4.79 Å². The number of piperidine rings is 1. The molecule has 142 valence electrons. The molecule has 1 spiro atoms. The quantitative estimate of drug-likeness (QED) is 0.889. The number of carbonyl (C=O) groups excluding carboxylic acids is 1. The average Bonchev–Trinajstić information content (AvgIpc) is 2.86. The summed E-state index contributed by atoms with van der Waals surface area (Å²) in [7, 11) is 0. The Labute approximate surface area is 155 Å². The van der Waals surface area contributed by atoms with E-state index < -0.39 is 0 Å². The van der Waals surface area contributed by atoms with Crippen molar-refractivity contribution in [2.24, 2.45) is 0 Å². The molecule has 26 heavy (non-hydrogen) atoms. The van der Waals surface area contributed by atoms with E-state index in [2.05, 4.69) is 45.4 Å². The molecule has 0 aliphatic carbocycles. The van der Waals surface area contributed by atoms with E-state index in [9.17, 15) is 4.79 Å². The summed E-state index contributed by atoms with van der Waals surface area (Å²) < 4.78 is 11.6. The summed E-state index contributed by atoms with van der Waals surface area (Å²) in [5, 5.41) is 2.80. The van der Waals surface area contributed by atoms with Crippen LogP contribution in [0.5, 0.6) is 0 Å². The number of nitrogens with zero attached hydrogens (tertiary/aromatic N) is 2. The Morgan fingerprint density at radius 2 is 1.92 bits per heavy atom. The molecule has 1 aromatic rings. The first-order valence-electron chi connectivity index (χ1n) is 9.78. The smallest absolute Gasteiger partial charge is 0.407 e. The first-order chi connectivity index (χ1) is 12.7. The van der Waals surface area contributed by atoms with Crippen LogP contribution in [0.1, 0.15) is 24.8 Å². The second kappa shape index (κ2) is 7.94. The fourth-order valence-corrected chi connectivity index (χ4v) is 4.28. The lowest BCUT2D eigenvalue weighted by Crippen LogP contribution is -2.49. The van der Waals surface area contributed by atoms with E-state index in [-0.39, 0.29) is 17.8 Å². The molecular formula is C20H29N3O3. The van der Waals surface area contributed by atoms with E-state index in [1.165, 1.54) is 5.56 Å². The molecule has 1 aromatic carbocycles. The summed E-state index contributed by atoms with van der Waals surface area (Å²) in [6, 6.07) is 10.7.